The highest BCUT2D eigenvalue weighted by Crippen LogP contribution is 2.38. The van der Waals surface area contributed by atoms with E-state index in [1.807, 2.05) is 0 Å². The third-order valence-electron chi connectivity index (χ3n) is 3.17. The van der Waals surface area contributed by atoms with Crippen molar-refractivity contribution in [2.75, 3.05) is 5.88 Å². The van der Waals surface area contributed by atoms with Gasteiger partial charge < -0.3 is 0 Å². The van der Waals surface area contributed by atoms with Crippen molar-refractivity contribution in [3.63, 3.8) is 0 Å². The molecule has 1 aliphatic rings. The second-order valence-electron chi connectivity index (χ2n) is 4.64. The average molecular weight is 278 g/mol. The average Bonchev–Trinajstić information content (AvgIpc) is 2.91. The van der Waals surface area contributed by atoms with E-state index in [0.717, 1.165) is 12.8 Å². The van der Waals surface area contributed by atoms with Crippen LogP contribution >= 0.6 is 11.6 Å². The van der Waals surface area contributed by atoms with Crippen LogP contribution in [0.15, 0.2) is 4.90 Å². The first kappa shape index (κ1) is 12.9. The van der Waals surface area contributed by atoms with E-state index in [0.29, 0.717) is 17.3 Å². The maximum atomic E-state index is 12.3. The van der Waals surface area contributed by atoms with Crippen LogP contribution in [0.2, 0.25) is 0 Å². The van der Waals surface area contributed by atoms with Gasteiger partial charge in [0.15, 0.2) is 0 Å². The standard InChI is InChI=1S/C10H16ClN3O2S/c1-7-9(8(2)14(3)12-7)17(15,16)13-10(6-11)4-5-10/h13H,4-6H2,1-3H3. The summed E-state index contributed by atoms with van der Waals surface area (Å²) in [4.78, 5) is 0.274. The van der Waals surface area contributed by atoms with Gasteiger partial charge in [-0.2, -0.15) is 5.10 Å². The Morgan fingerprint density at radius 3 is 2.41 bits per heavy atom. The van der Waals surface area contributed by atoms with Crippen LogP contribution in [0, 0.1) is 13.8 Å². The van der Waals surface area contributed by atoms with Gasteiger partial charge >= 0.3 is 0 Å². The summed E-state index contributed by atoms with van der Waals surface area (Å²) in [6.45, 7) is 3.44. The summed E-state index contributed by atoms with van der Waals surface area (Å²) in [5, 5.41) is 4.12. The lowest BCUT2D eigenvalue weighted by Crippen LogP contribution is -2.38. The zero-order valence-corrected chi connectivity index (χ0v) is 11.7. The van der Waals surface area contributed by atoms with Crippen LogP contribution in [0.3, 0.4) is 0 Å². The number of hydrogen-bond donors (Lipinski definition) is 1. The van der Waals surface area contributed by atoms with Crippen molar-refractivity contribution in [2.24, 2.45) is 7.05 Å². The quantitative estimate of drug-likeness (QED) is 0.838. The molecule has 2 rings (SSSR count). The van der Waals surface area contributed by atoms with E-state index >= 15 is 0 Å². The topological polar surface area (TPSA) is 64.0 Å². The molecule has 0 amide bonds. The summed E-state index contributed by atoms with van der Waals surface area (Å²) in [6.07, 6.45) is 1.60. The first-order chi connectivity index (χ1) is 7.81. The van der Waals surface area contributed by atoms with E-state index in [1.165, 1.54) is 0 Å². The molecule has 0 radical (unpaired) electrons. The summed E-state index contributed by atoms with van der Waals surface area (Å²) in [5.74, 6) is 0.310. The van der Waals surface area contributed by atoms with Gasteiger partial charge in [-0.1, -0.05) is 0 Å². The molecule has 0 aliphatic heterocycles. The SMILES string of the molecule is Cc1nn(C)c(C)c1S(=O)(=O)NC1(CCl)CC1. The zero-order chi connectivity index (χ0) is 12.8. The lowest BCUT2D eigenvalue weighted by molar-refractivity contribution is 0.558. The largest absolute Gasteiger partial charge is 0.271 e. The summed E-state index contributed by atoms with van der Waals surface area (Å²) in [7, 11) is -1.79. The zero-order valence-electron chi connectivity index (χ0n) is 10.1. The number of aromatic nitrogens is 2. The third-order valence-corrected chi connectivity index (χ3v) is 5.51. The third kappa shape index (κ3) is 2.21. The first-order valence-corrected chi connectivity index (χ1v) is 7.43. The Balaban J connectivity index is 2.38. The number of alkyl halides is 1. The number of nitrogens with one attached hydrogen (secondary N) is 1. The van der Waals surface area contributed by atoms with E-state index in [2.05, 4.69) is 9.82 Å². The van der Waals surface area contributed by atoms with Gasteiger partial charge in [-0.05, 0) is 26.7 Å². The predicted octanol–water partition coefficient (Wildman–Crippen LogP) is 1.09. The van der Waals surface area contributed by atoms with Crippen molar-refractivity contribution in [2.45, 2.75) is 37.1 Å². The monoisotopic (exact) mass is 277 g/mol. The highest BCUT2D eigenvalue weighted by molar-refractivity contribution is 7.89. The molecule has 17 heavy (non-hydrogen) atoms. The highest BCUT2D eigenvalue weighted by Gasteiger charge is 2.46. The van der Waals surface area contributed by atoms with Crippen molar-refractivity contribution in [3.05, 3.63) is 11.4 Å². The summed E-state index contributed by atoms with van der Waals surface area (Å²) in [6, 6.07) is 0. The summed E-state index contributed by atoms with van der Waals surface area (Å²) < 4.78 is 28.8. The molecule has 1 saturated carbocycles. The molecule has 7 heteroatoms. The van der Waals surface area contributed by atoms with Gasteiger partial charge in [0, 0.05) is 18.5 Å². The highest BCUT2D eigenvalue weighted by atomic mass is 35.5. The van der Waals surface area contributed by atoms with E-state index in [1.54, 1.807) is 25.6 Å². The summed E-state index contributed by atoms with van der Waals surface area (Å²) in [5.41, 5.74) is 0.720. The Bertz CT molecular complexity index is 546. The van der Waals surface area contributed by atoms with Crippen molar-refractivity contribution in [1.82, 2.24) is 14.5 Å². The molecule has 1 aromatic heterocycles. The molecule has 1 N–H and O–H groups in total. The van der Waals surface area contributed by atoms with Crippen molar-refractivity contribution < 1.29 is 8.42 Å². The smallest absolute Gasteiger partial charge is 0.244 e. The van der Waals surface area contributed by atoms with Gasteiger partial charge in [-0.3, -0.25) is 4.68 Å². The van der Waals surface area contributed by atoms with E-state index in [4.69, 9.17) is 11.6 Å². The van der Waals surface area contributed by atoms with Crippen LogP contribution in [0.4, 0.5) is 0 Å². The van der Waals surface area contributed by atoms with Crippen molar-refractivity contribution in [1.29, 1.82) is 0 Å². The number of hydrogen-bond acceptors (Lipinski definition) is 3. The Kier molecular flexibility index (Phi) is 3.00. The molecule has 1 fully saturated rings. The predicted molar refractivity (Wildman–Crippen MR) is 65.7 cm³/mol. The maximum absolute atomic E-state index is 12.3. The Labute approximate surface area is 106 Å². The molecule has 0 spiro atoms. The normalized spacial score (nSPS) is 18.4. The van der Waals surface area contributed by atoms with Gasteiger partial charge in [-0.15, -0.1) is 11.6 Å². The minimum atomic E-state index is -3.53. The molecule has 0 atom stereocenters. The van der Waals surface area contributed by atoms with Crippen LogP contribution in [-0.2, 0) is 17.1 Å². The number of rotatable bonds is 4. The minimum Gasteiger partial charge on any atom is -0.271 e. The molecule has 1 aromatic rings. The van der Waals surface area contributed by atoms with Crippen molar-refractivity contribution >= 4 is 21.6 Å². The molecule has 5 nitrogen and oxygen atoms in total. The number of aryl methyl sites for hydroxylation is 2. The Hall–Kier alpha value is -0.590. The Morgan fingerprint density at radius 1 is 1.47 bits per heavy atom. The number of nitrogens with zero attached hydrogens (tertiary/aromatic N) is 2. The molecule has 1 heterocycles. The molecule has 1 aliphatic carbocycles. The van der Waals surface area contributed by atoms with E-state index < -0.39 is 15.6 Å². The van der Waals surface area contributed by atoms with Crippen LogP contribution in [0.25, 0.3) is 0 Å². The van der Waals surface area contributed by atoms with Crippen LogP contribution in [0.1, 0.15) is 24.2 Å². The van der Waals surface area contributed by atoms with Gasteiger partial charge in [0.1, 0.15) is 4.90 Å². The second-order valence-corrected chi connectivity index (χ2v) is 6.53. The fraction of sp³-hybridized carbons (Fsp3) is 0.700. The van der Waals surface area contributed by atoms with Crippen LogP contribution < -0.4 is 4.72 Å². The lowest BCUT2D eigenvalue weighted by atomic mass is 10.4. The lowest BCUT2D eigenvalue weighted by Gasteiger charge is -2.14. The maximum Gasteiger partial charge on any atom is 0.244 e. The number of halogens is 1. The van der Waals surface area contributed by atoms with E-state index in [-0.39, 0.29) is 4.90 Å². The molecular formula is C10H16ClN3O2S. The van der Waals surface area contributed by atoms with E-state index in [9.17, 15) is 8.42 Å². The molecule has 0 aromatic carbocycles. The first-order valence-electron chi connectivity index (χ1n) is 5.41. The molecule has 0 unspecified atom stereocenters. The fourth-order valence-electron chi connectivity index (χ4n) is 1.89. The van der Waals surface area contributed by atoms with Gasteiger partial charge in [0.25, 0.3) is 0 Å². The molecule has 0 bridgehead atoms. The van der Waals surface area contributed by atoms with Crippen LogP contribution in [0.5, 0.6) is 0 Å². The second kappa shape index (κ2) is 3.96. The fourth-order valence-corrected chi connectivity index (χ4v) is 4.21. The van der Waals surface area contributed by atoms with Crippen molar-refractivity contribution in [3.8, 4) is 0 Å². The van der Waals surface area contributed by atoms with Crippen LogP contribution in [-0.4, -0.2) is 29.6 Å². The minimum absolute atomic E-state index is 0.274. The Morgan fingerprint density at radius 2 is 2.06 bits per heavy atom. The number of sulfonamides is 1. The van der Waals surface area contributed by atoms with Gasteiger partial charge in [0.05, 0.1) is 11.4 Å². The summed E-state index contributed by atoms with van der Waals surface area (Å²) >= 11 is 5.79. The molecule has 0 saturated heterocycles. The molecular weight excluding hydrogens is 262 g/mol. The van der Waals surface area contributed by atoms with Gasteiger partial charge in [-0.25, -0.2) is 13.1 Å². The molecule has 96 valence electrons. The van der Waals surface area contributed by atoms with Gasteiger partial charge in [0.2, 0.25) is 10.0 Å².